The normalized spacial score (nSPS) is 14.7. The highest BCUT2D eigenvalue weighted by atomic mass is 19.4. The van der Waals surface area contributed by atoms with Crippen LogP contribution in [-0.2, 0) is 6.18 Å². The number of halogens is 3. The number of anilines is 4. The summed E-state index contributed by atoms with van der Waals surface area (Å²) in [5.74, 6) is 0.210. The van der Waals surface area contributed by atoms with Crippen molar-refractivity contribution in [1.29, 1.82) is 0 Å². The van der Waals surface area contributed by atoms with Gasteiger partial charge in [-0.2, -0.15) is 18.2 Å². The van der Waals surface area contributed by atoms with E-state index in [1.54, 1.807) is 0 Å². The molecule has 0 atom stereocenters. The van der Waals surface area contributed by atoms with Gasteiger partial charge >= 0.3 is 6.18 Å². The van der Waals surface area contributed by atoms with Crippen molar-refractivity contribution in [1.82, 2.24) is 9.97 Å². The summed E-state index contributed by atoms with van der Waals surface area (Å²) in [4.78, 5) is 8.06. The van der Waals surface area contributed by atoms with Gasteiger partial charge in [0, 0.05) is 17.6 Å². The first-order valence-corrected chi connectivity index (χ1v) is 10.0. The summed E-state index contributed by atoms with van der Waals surface area (Å²) >= 11 is 0. The van der Waals surface area contributed by atoms with Crippen LogP contribution in [0, 0.1) is 6.92 Å². The molecule has 0 amide bonds. The number of hydrogen-bond acceptors (Lipinski definition) is 4. The van der Waals surface area contributed by atoms with Gasteiger partial charge in [-0.05, 0) is 55.0 Å². The summed E-state index contributed by atoms with van der Waals surface area (Å²) in [5.41, 5.74) is 2.55. The average Bonchev–Trinajstić information content (AvgIpc) is 3.22. The molecule has 0 bridgehead atoms. The molecule has 156 valence electrons. The number of rotatable bonds is 5. The smallest absolute Gasteiger partial charge is 0.339 e. The Bertz CT molecular complexity index is 1030. The maximum atomic E-state index is 13.6. The Morgan fingerprint density at radius 3 is 2.47 bits per heavy atom. The van der Waals surface area contributed by atoms with Crippen molar-refractivity contribution in [2.75, 3.05) is 10.6 Å². The maximum Gasteiger partial charge on any atom is 0.421 e. The Morgan fingerprint density at radius 2 is 1.73 bits per heavy atom. The molecule has 0 spiro atoms. The number of hydrogen-bond donors (Lipinski definition) is 2. The van der Waals surface area contributed by atoms with Crippen molar-refractivity contribution in [3.63, 3.8) is 0 Å². The standard InChI is InChI=1S/C23H23F3N4/c1-15-7-6-10-17(13-15)28-22-27-14-19(23(24,25)26)21(30-22)29-20-12-5-4-11-18(20)16-8-2-3-9-16/h4-7,10-14,16H,2-3,8-9H2,1H3,(H2,27,28,29,30). The zero-order chi connectivity index (χ0) is 21.1. The number of aryl methyl sites for hydroxylation is 1. The quantitative estimate of drug-likeness (QED) is 0.476. The number of nitrogens with zero attached hydrogens (tertiary/aromatic N) is 2. The molecule has 0 aliphatic heterocycles. The highest BCUT2D eigenvalue weighted by molar-refractivity contribution is 5.66. The van der Waals surface area contributed by atoms with Crippen LogP contribution in [0.4, 0.5) is 36.3 Å². The summed E-state index contributed by atoms with van der Waals surface area (Å²) in [7, 11) is 0. The van der Waals surface area contributed by atoms with Crippen LogP contribution < -0.4 is 10.6 Å². The molecule has 30 heavy (non-hydrogen) atoms. The zero-order valence-electron chi connectivity index (χ0n) is 16.6. The Balaban J connectivity index is 1.69. The number of nitrogens with one attached hydrogen (secondary N) is 2. The molecule has 2 N–H and O–H groups in total. The first-order valence-electron chi connectivity index (χ1n) is 10.0. The van der Waals surface area contributed by atoms with Crippen molar-refractivity contribution in [2.24, 2.45) is 0 Å². The van der Waals surface area contributed by atoms with Gasteiger partial charge in [0.05, 0.1) is 0 Å². The Kier molecular flexibility index (Phi) is 5.61. The van der Waals surface area contributed by atoms with Crippen LogP contribution in [0.15, 0.2) is 54.7 Å². The van der Waals surface area contributed by atoms with Crippen LogP contribution in [-0.4, -0.2) is 9.97 Å². The molecule has 0 radical (unpaired) electrons. The maximum absolute atomic E-state index is 13.6. The second-order valence-corrected chi connectivity index (χ2v) is 7.64. The van der Waals surface area contributed by atoms with Crippen molar-refractivity contribution in [3.8, 4) is 0 Å². The van der Waals surface area contributed by atoms with E-state index in [2.05, 4.69) is 20.6 Å². The fourth-order valence-corrected chi connectivity index (χ4v) is 3.93. The minimum atomic E-state index is -4.56. The van der Waals surface area contributed by atoms with E-state index in [9.17, 15) is 13.2 Å². The third-order valence-electron chi connectivity index (χ3n) is 5.38. The van der Waals surface area contributed by atoms with E-state index < -0.39 is 11.7 Å². The van der Waals surface area contributed by atoms with Crippen LogP contribution in [0.2, 0.25) is 0 Å². The lowest BCUT2D eigenvalue weighted by Gasteiger charge is -2.19. The number of benzene rings is 2. The molecule has 1 aliphatic carbocycles. The molecule has 0 saturated heterocycles. The van der Waals surface area contributed by atoms with E-state index >= 15 is 0 Å². The van der Waals surface area contributed by atoms with Crippen molar-refractivity contribution >= 4 is 23.1 Å². The lowest BCUT2D eigenvalue weighted by atomic mass is 9.96. The van der Waals surface area contributed by atoms with Gasteiger partial charge in [0.2, 0.25) is 5.95 Å². The van der Waals surface area contributed by atoms with Crippen LogP contribution in [0.3, 0.4) is 0 Å². The van der Waals surface area contributed by atoms with Crippen molar-refractivity contribution in [2.45, 2.75) is 44.7 Å². The van der Waals surface area contributed by atoms with E-state index in [1.807, 2.05) is 55.5 Å². The van der Waals surface area contributed by atoms with Gasteiger partial charge in [0.1, 0.15) is 11.4 Å². The monoisotopic (exact) mass is 412 g/mol. The molecular weight excluding hydrogens is 389 g/mol. The summed E-state index contributed by atoms with van der Waals surface area (Å²) in [6, 6.07) is 15.0. The van der Waals surface area contributed by atoms with E-state index in [4.69, 9.17) is 0 Å². The summed E-state index contributed by atoms with van der Waals surface area (Å²) in [6.07, 6.45) is 0.650. The predicted molar refractivity (Wildman–Crippen MR) is 112 cm³/mol. The Labute approximate surface area is 173 Å². The molecule has 4 rings (SSSR count). The highest BCUT2D eigenvalue weighted by Crippen LogP contribution is 2.40. The molecule has 1 fully saturated rings. The van der Waals surface area contributed by atoms with Gasteiger partial charge in [-0.15, -0.1) is 0 Å². The van der Waals surface area contributed by atoms with Crippen molar-refractivity contribution < 1.29 is 13.2 Å². The lowest BCUT2D eigenvalue weighted by Crippen LogP contribution is -2.13. The predicted octanol–water partition coefficient (Wildman–Crippen LogP) is 6.95. The molecule has 0 unspecified atom stereocenters. The fraction of sp³-hybridized carbons (Fsp3) is 0.304. The molecular formula is C23H23F3N4. The van der Waals surface area contributed by atoms with E-state index in [1.165, 1.54) is 0 Å². The second kappa shape index (κ2) is 8.34. The largest absolute Gasteiger partial charge is 0.421 e. The SMILES string of the molecule is Cc1cccc(Nc2ncc(C(F)(F)F)c(Nc3ccccc3C3CCCC3)n2)c1. The lowest BCUT2D eigenvalue weighted by molar-refractivity contribution is -0.137. The first-order chi connectivity index (χ1) is 14.4. The van der Waals surface area contributed by atoms with Gasteiger partial charge in [0.15, 0.2) is 0 Å². The van der Waals surface area contributed by atoms with Gasteiger partial charge in [0.25, 0.3) is 0 Å². The van der Waals surface area contributed by atoms with E-state index in [0.29, 0.717) is 17.3 Å². The molecule has 3 aromatic rings. The Morgan fingerprint density at radius 1 is 0.967 bits per heavy atom. The van der Waals surface area contributed by atoms with Gasteiger partial charge < -0.3 is 10.6 Å². The molecule has 1 aromatic heterocycles. The van der Waals surface area contributed by atoms with E-state index in [-0.39, 0.29) is 11.8 Å². The minimum Gasteiger partial charge on any atom is -0.339 e. The van der Waals surface area contributed by atoms with Crippen LogP contribution >= 0.6 is 0 Å². The van der Waals surface area contributed by atoms with Crippen molar-refractivity contribution in [3.05, 3.63) is 71.4 Å². The van der Waals surface area contributed by atoms with Crippen LogP contribution in [0.1, 0.15) is 48.3 Å². The first kappa shape index (κ1) is 20.2. The number of alkyl halides is 3. The van der Waals surface area contributed by atoms with Gasteiger partial charge in [-0.1, -0.05) is 43.2 Å². The number of para-hydroxylation sites is 1. The van der Waals surface area contributed by atoms with Gasteiger partial charge in [-0.3, -0.25) is 0 Å². The molecule has 1 aliphatic rings. The molecule has 7 heteroatoms. The molecule has 1 saturated carbocycles. The summed E-state index contributed by atoms with van der Waals surface area (Å²) < 4.78 is 40.9. The molecule has 2 aromatic carbocycles. The van der Waals surface area contributed by atoms with Crippen LogP contribution in [0.5, 0.6) is 0 Å². The van der Waals surface area contributed by atoms with Gasteiger partial charge in [-0.25, -0.2) is 4.98 Å². The Hall–Kier alpha value is -3.09. The third kappa shape index (κ3) is 4.56. The summed E-state index contributed by atoms with van der Waals surface area (Å²) in [6.45, 7) is 1.94. The highest BCUT2D eigenvalue weighted by Gasteiger charge is 2.35. The molecule has 1 heterocycles. The minimum absolute atomic E-state index is 0.106. The second-order valence-electron chi connectivity index (χ2n) is 7.64. The average molecular weight is 412 g/mol. The number of aromatic nitrogens is 2. The van der Waals surface area contributed by atoms with Crippen LogP contribution in [0.25, 0.3) is 0 Å². The third-order valence-corrected chi connectivity index (χ3v) is 5.38. The van der Waals surface area contributed by atoms with E-state index in [0.717, 1.165) is 43.0 Å². The zero-order valence-corrected chi connectivity index (χ0v) is 16.6. The fourth-order valence-electron chi connectivity index (χ4n) is 3.93. The topological polar surface area (TPSA) is 49.8 Å². The molecule has 4 nitrogen and oxygen atoms in total. The summed E-state index contributed by atoms with van der Waals surface area (Å²) in [5, 5.41) is 5.94.